The highest BCUT2D eigenvalue weighted by molar-refractivity contribution is 7.89. The van der Waals surface area contributed by atoms with E-state index < -0.39 is 15.6 Å². The van der Waals surface area contributed by atoms with Gasteiger partial charge in [-0.2, -0.15) is 4.31 Å². The first kappa shape index (κ1) is 19.3. The first-order valence-corrected chi connectivity index (χ1v) is 10.9. The van der Waals surface area contributed by atoms with Crippen LogP contribution >= 0.6 is 0 Å². The van der Waals surface area contributed by atoms with Crippen LogP contribution in [0.5, 0.6) is 0 Å². The van der Waals surface area contributed by atoms with Gasteiger partial charge in [-0.05, 0) is 12.8 Å². The van der Waals surface area contributed by atoms with E-state index >= 15 is 0 Å². The molecule has 3 fully saturated rings. The maximum Gasteiger partial charge on any atom is 0.262 e. The Hall–Kier alpha value is -1.04. The van der Waals surface area contributed by atoms with Gasteiger partial charge in [-0.3, -0.25) is 4.90 Å². The van der Waals surface area contributed by atoms with Crippen LogP contribution in [0.25, 0.3) is 0 Å². The highest BCUT2D eigenvalue weighted by Gasteiger charge is 2.46. The molecule has 4 rings (SSSR count). The molecule has 0 bridgehead atoms. The SMILES string of the molecule is Cn1cnc(S(=O)(=O)N2CCOC[C@@]3(CC[C@@H](CN4CCOCC4)O3)C2)c1. The average molecular weight is 401 g/mol. The molecule has 0 saturated carbocycles. The zero-order valence-corrected chi connectivity index (χ0v) is 16.6. The van der Waals surface area contributed by atoms with Crippen LogP contribution in [0.2, 0.25) is 0 Å². The molecule has 0 aliphatic carbocycles. The summed E-state index contributed by atoms with van der Waals surface area (Å²) in [4.78, 5) is 6.39. The van der Waals surface area contributed by atoms with Gasteiger partial charge in [-0.25, -0.2) is 13.4 Å². The second-order valence-electron chi connectivity index (χ2n) is 7.64. The summed E-state index contributed by atoms with van der Waals surface area (Å²) in [7, 11) is -1.90. The molecule has 0 amide bonds. The molecule has 2 atom stereocenters. The van der Waals surface area contributed by atoms with E-state index in [-0.39, 0.29) is 11.1 Å². The van der Waals surface area contributed by atoms with Crippen molar-refractivity contribution < 1.29 is 22.6 Å². The van der Waals surface area contributed by atoms with E-state index in [1.165, 1.54) is 16.8 Å². The third-order valence-electron chi connectivity index (χ3n) is 5.50. The molecule has 3 saturated heterocycles. The van der Waals surface area contributed by atoms with Gasteiger partial charge in [0, 0.05) is 46.0 Å². The topological polar surface area (TPSA) is 86.1 Å². The highest BCUT2D eigenvalue weighted by Crippen LogP contribution is 2.34. The minimum absolute atomic E-state index is 0.0740. The van der Waals surface area contributed by atoms with Crippen LogP contribution in [0.3, 0.4) is 0 Å². The molecule has 1 spiro atoms. The number of hydrogen-bond acceptors (Lipinski definition) is 7. The van der Waals surface area contributed by atoms with Gasteiger partial charge in [0.1, 0.15) is 5.60 Å². The lowest BCUT2D eigenvalue weighted by atomic mass is 10.0. The Kier molecular flexibility index (Phi) is 5.55. The van der Waals surface area contributed by atoms with Crippen molar-refractivity contribution in [2.75, 3.05) is 59.2 Å². The summed E-state index contributed by atoms with van der Waals surface area (Å²) in [5.41, 5.74) is -0.574. The second kappa shape index (κ2) is 7.76. The molecule has 1 aromatic heterocycles. The molecule has 0 radical (unpaired) electrons. The van der Waals surface area contributed by atoms with Crippen molar-refractivity contribution in [1.82, 2.24) is 18.8 Å². The van der Waals surface area contributed by atoms with Crippen molar-refractivity contribution in [3.8, 4) is 0 Å². The summed E-state index contributed by atoms with van der Waals surface area (Å²) in [6, 6.07) is 0. The van der Waals surface area contributed by atoms with Gasteiger partial charge in [0.2, 0.25) is 0 Å². The van der Waals surface area contributed by atoms with Crippen LogP contribution in [0, 0.1) is 0 Å². The first-order valence-electron chi connectivity index (χ1n) is 9.51. The van der Waals surface area contributed by atoms with Crippen LogP contribution in [0.15, 0.2) is 17.6 Å². The third-order valence-corrected chi connectivity index (χ3v) is 7.24. The maximum atomic E-state index is 13.0. The summed E-state index contributed by atoms with van der Waals surface area (Å²) in [6.45, 7) is 5.65. The third kappa shape index (κ3) is 4.20. The molecule has 0 aromatic carbocycles. The summed E-state index contributed by atoms with van der Waals surface area (Å²) in [6.07, 6.45) is 4.85. The predicted molar refractivity (Wildman–Crippen MR) is 96.9 cm³/mol. The van der Waals surface area contributed by atoms with E-state index in [2.05, 4.69) is 9.88 Å². The van der Waals surface area contributed by atoms with Crippen LogP contribution in [-0.4, -0.2) is 98.0 Å². The molecule has 152 valence electrons. The van der Waals surface area contributed by atoms with Gasteiger partial charge in [0.05, 0.1) is 38.9 Å². The molecular formula is C17H28N4O5S. The van der Waals surface area contributed by atoms with E-state index in [9.17, 15) is 8.42 Å². The fourth-order valence-electron chi connectivity index (χ4n) is 4.05. The molecule has 3 aliphatic rings. The van der Waals surface area contributed by atoms with Gasteiger partial charge in [0.25, 0.3) is 10.0 Å². The fraction of sp³-hybridized carbons (Fsp3) is 0.824. The molecule has 0 N–H and O–H groups in total. The van der Waals surface area contributed by atoms with Gasteiger partial charge in [-0.1, -0.05) is 0 Å². The summed E-state index contributed by atoms with van der Waals surface area (Å²) in [5, 5.41) is 0.0740. The van der Waals surface area contributed by atoms with Crippen molar-refractivity contribution in [2.45, 2.75) is 29.6 Å². The smallest absolute Gasteiger partial charge is 0.262 e. The molecule has 3 aliphatic heterocycles. The average Bonchev–Trinajstić information content (AvgIpc) is 3.19. The zero-order valence-electron chi connectivity index (χ0n) is 15.7. The molecular weight excluding hydrogens is 372 g/mol. The number of imidazole rings is 1. The quantitative estimate of drug-likeness (QED) is 0.685. The Morgan fingerprint density at radius 2 is 2.00 bits per heavy atom. The molecule has 10 heteroatoms. The van der Waals surface area contributed by atoms with Crippen LogP contribution in [0.4, 0.5) is 0 Å². The number of rotatable bonds is 4. The Balaban J connectivity index is 1.45. The molecule has 27 heavy (non-hydrogen) atoms. The Bertz CT molecular complexity index is 748. The van der Waals surface area contributed by atoms with Crippen molar-refractivity contribution >= 4 is 10.0 Å². The monoisotopic (exact) mass is 400 g/mol. The lowest BCUT2D eigenvalue weighted by Gasteiger charge is -2.33. The number of ether oxygens (including phenoxy) is 3. The lowest BCUT2D eigenvalue weighted by molar-refractivity contribution is -0.0927. The molecule has 9 nitrogen and oxygen atoms in total. The predicted octanol–water partition coefficient (Wildman–Crippen LogP) is -0.309. The number of nitrogens with zero attached hydrogens (tertiary/aromatic N) is 4. The Morgan fingerprint density at radius 3 is 2.74 bits per heavy atom. The van der Waals surface area contributed by atoms with E-state index in [0.29, 0.717) is 26.3 Å². The van der Waals surface area contributed by atoms with E-state index in [0.717, 1.165) is 45.7 Å². The number of sulfonamides is 1. The van der Waals surface area contributed by atoms with Crippen LogP contribution < -0.4 is 0 Å². The summed E-state index contributed by atoms with van der Waals surface area (Å²) < 4.78 is 46.7. The van der Waals surface area contributed by atoms with Gasteiger partial charge < -0.3 is 18.8 Å². The highest BCUT2D eigenvalue weighted by atomic mass is 32.2. The number of morpholine rings is 1. The van der Waals surface area contributed by atoms with Gasteiger partial charge in [0.15, 0.2) is 5.03 Å². The van der Waals surface area contributed by atoms with Crippen molar-refractivity contribution in [1.29, 1.82) is 0 Å². The summed E-state index contributed by atoms with van der Waals surface area (Å²) >= 11 is 0. The van der Waals surface area contributed by atoms with Crippen molar-refractivity contribution in [3.63, 3.8) is 0 Å². The largest absolute Gasteiger partial charge is 0.379 e. The second-order valence-corrected chi connectivity index (χ2v) is 9.53. The van der Waals surface area contributed by atoms with Crippen LogP contribution in [-0.2, 0) is 31.3 Å². The van der Waals surface area contributed by atoms with E-state index in [1.807, 2.05) is 0 Å². The minimum atomic E-state index is -3.66. The maximum absolute atomic E-state index is 13.0. The Labute approximate surface area is 160 Å². The van der Waals surface area contributed by atoms with E-state index in [4.69, 9.17) is 14.2 Å². The standard InChI is InChI=1S/C17H28N4O5S/c1-19-11-16(18-14-19)27(22,23)21-6-9-25-13-17(12-21)3-2-15(26-17)10-20-4-7-24-8-5-20/h11,14-15H,2-10,12-13H2,1H3/t15-,17+/m0/s1. The number of aromatic nitrogens is 2. The number of aryl methyl sites for hydroxylation is 1. The van der Waals surface area contributed by atoms with Gasteiger partial charge in [-0.15, -0.1) is 0 Å². The Morgan fingerprint density at radius 1 is 1.22 bits per heavy atom. The zero-order chi connectivity index (χ0) is 18.9. The van der Waals surface area contributed by atoms with E-state index in [1.54, 1.807) is 11.6 Å². The fourth-order valence-corrected chi connectivity index (χ4v) is 5.51. The van der Waals surface area contributed by atoms with Crippen molar-refractivity contribution in [2.24, 2.45) is 7.05 Å². The van der Waals surface area contributed by atoms with Crippen LogP contribution in [0.1, 0.15) is 12.8 Å². The molecule has 0 unspecified atom stereocenters. The minimum Gasteiger partial charge on any atom is -0.379 e. The normalized spacial score (nSPS) is 31.4. The molecule has 1 aromatic rings. The number of hydrogen-bond donors (Lipinski definition) is 0. The lowest BCUT2D eigenvalue weighted by Crippen LogP contribution is -2.48. The summed E-state index contributed by atoms with van der Waals surface area (Å²) in [5.74, 6) is 0. The first-order chi connectivity index (χ1) is 13.0. The van der Waals surface area contributed by atoms with Gasteiger partial charge >= 0.3 is 0 Å². The van der Waals surface area contributed by atoms with Crippen molar-refractivity contribution in [3.05, 3.63) is 12.5 Å². The molecule has 4 heterocycles.